The lowest BCUT2D eigenvalue weighted by Gasteiger charge is -2.38. The van der Waals surface area contributed by atoms with Gasteiger partial charge in [-0.1, -0.05) is 11.3 Å². The van der Waals surface area contributed by atoms with Gasteiger partial charge in [-0.2, -0.15) is 0 Å². The first-order valence-electron chi connectivity index (χ1n) is 11.4. The van der Waals surface area contributed by atoms with Crippen LogP contribution in [0.3, 0.4) is 0 Å². The molecule has 172 valence electrons. The summed E-state index contributed by atoms with van der Waals surface area (Å²) in [6.45, 7) is 3.98. The van der Waals surface area contributed by atoms with Crippen LogP contribution in [0.5, 0.6) is 11.5 Å². The summed E-state index contributed by atoms with van der Waals surface area (Å²) in [5.41, 5.74) is 5.90. The van der Waals surface area contributed by atoms with E-state index in [1.54, 1.807) is 11.8 Å². The van der Waals surface area contributed by atoms with Crippen molar-refractivity contribution >= 4 is 22.7 Å². The minimum atomic E-state index is -0.235. The van der Waals surface area contributed by atoms with Gasteiger partial charge >= 0.3 is 5.97 Å². The van der Waals surface area contributed by atoms with E-state index in [0.29, 0.717) is 12.4 Å². The smallest absolute Gasteiger partial charge is 0.302 e. The van der Waals surface area contributed by atoms with E-state index in [4.69, 9.17) is 19.2 Å². The van der Waals surface area contributed by atoms with Crippen LogP contribution >= 0.6 is 0 Å². The van der Waals surface area contributed by atoms with Crippen molar-refractivity contribution in [2.45, 2.75) is 51.2 Å². The summed E-state index contributed by atoms with van der Waals surface area (Å²) in [7, 11) is 3.53. The predicted molar refractivity (Wildman–Crippen MR) is 124 cm³/mol. The Hall–Kier alpha value is -3.42. The molecule has 2 aliphatic rings. The second kappa shape index (κ2) is 8.50. The number of aryl methyl sites for hydroxylation is 1. The summed E-state index contributed by atoms with van der Waals surface area (Å²) in [6.07, 6.45) is 2.32. The van der Waals surface area contributed by atoms with Crippen LogP contribution in [-0.4, -0.2) is 52.5 Å². The number of ether oxygens (including phenoxy) is 3. The number of methoxy groups -OCH3 is 1. The summed E-state index contributed by atoms with van der Waals surface area (Å²) < 4.78 is 18.9. The van der Waals surface area contributed by atoms with Crippen molar-refractivity contribution < 1.29 is 19.0 Å². The number of carbonyl (C=O) groups is 1. The van der Waals surface area contributed by atoms with Gasteiger partial charge in [0.1, 0.15) is 11.6 Å². The molecule has 0 N–H and O–H groups in total. The summed E-state index contributed by atoms with van der Waals surface area (Å²) >= 11 is 0. The Morgan fingerprint density at radius 1 is 1.18 bits per heavy atom. The van der Waals surface area contributed by atoms with Gasteiger partial charge in [-0.05, 0) is 56.0 Å². The van der Waals surface area contributed by atoms with Crippen LogP contribution < -0.4 is 9.47 Å². The molecule has 3 atom stereocenters. The van der Waals surface area contributed by atoms with E-state index in [2.05, 4.69) is 22.4 Å². The Morgan fingerprint density at radius 2 is 2.03 bits per heavy atom. The second-order valence-corrected chi connectivity index (χ2v) is 8.64. The molecule has 0 unspecified atom stereocenters. The number of hydrogen-bond donors (Lipinski definition) is 0. The van der Waals surface area contributed by atoms with Gasteiger partial charge in [-0.3, -0.25) is 9.79 Å². The number of rotatable bonds is 5. The van der Waals surface area contributed by atoms with Crippen LogP contribution in [0.25, 0.3) is 11.0 Å². The first-order valence-corrected chi connectivity index (χ1v) is 11.4. The van der Waals surface area contributed by atoms with Crippen molar-refractivity contribution in [2.75, 3.05) is 13.7 Å². The van der Waals surface area contributed by atoms with Crippen molar-refractivity contribution in [3.8, 4) is 11.5 Å². The molecule has 0 bridgehead atoms. The topological polar surface area (TPSA) is 87.8 Å². The molecule has 2 aromatic carbocycles. The Bertz CT molecular complexity index is 1250. The summed E-state index contributed by atoms with van der Waals surface area (Å²) in [5.74, 6) is 1.31. The fraction of sp³-hybridized carbons (Fsp3) is 0.440. The van der Waals surface area contributed by atoms with E-state index in [-0.39, 0.29) is 24.0 Å². The molecule has 0 saturated heterocycles. The fourth-order valence-electron chi connectivity index (χ4n) is 5.12. The van der Waals surface area contributed by atoms with E-state index < -0.39 is 0 Å². The lowest BCUT2D eigenvalue weighted by Crippen LogP contribution is -2.36. The van der Waals surface area contributed by atoms with Crippen molar-refractivity contribution in [1.82, 2.24) is 15.0 Å². The number of carbonyl (C=O) groups excluding carboxylic acids is 1. The van der Waals surface area contributed by atoms with Crippen LogP contribution in [0.2, 0.25) is 0 Å². The lowest BCUT2D eigenvalue weighted by atomic mass is 9.74. The quantitative estimate of drug-likeness (QED) is 0.552. The van der Waals surface area contributed by atoms with Gasteiger partial charge in [-0.15, -0.1) is 5.10 Å². The molecule has 3 aromatic rings. The Kier molecular flexibility index (Phi) is 5.52. The molecule has 5 rings (SSSR count). The van der Waals surface area contributed by atoms with E-state index in [1.807, 2.05) is 32.2 Å². The monoisotopic (exact) mass is 448 g/mol. The van der Waals surface area contributed by atoms with E-state index in [1.165, 1.54) is 6.92 Å². The summed E-state index contributed by atoms with van der Waals surface area (Å²) in [6, 6.07) is 10.4. The van der Waals surface area contributed by atoms with Crippen molar-refractivity contribution in [2.24, 2.45) is 12.0 Å². The maximum atomic E-state index is 11.6. The SMILES string of the molecule is CCOc1cc2c(cc1OC)C(c1ccc3c(c1)nnn3C)=N[C@@H]1CC[C@@H](OC(C)=O)C[C@H]21. The van der Waals surface area contributed by atoms with Gasteiger partial charge in [-0.25, -0.2) is 4.68 Å². The Labute approximate surface area is 192 Å². The first kappa shape index (κ1) is 21.4. The van der Waals surface area contributed by atoms with Gasteiger partial charge in [0.15, 0.2) is 11.5 Å². The highest BCUT2D eigenvalue weighted by atomic mass is 16.5. The van der Waals surface area contributed by atoms with Gasteiger partial charge in [0.05, 0.1) is 31.0 Å². The van der Waals surface area contributed by atoms with Gasteiger partial charge in [0.25, 0.3) is 0 Å². The minimum absolute atomic E-state index is 0.0954. The largest absolute Gasteiger partial charge is 0.493 e. The number of fused-ring (bicyclic) bond motifs is 4. The zero-order chi connectivity index (χ0) is 23.1. The molecular formula is C25H28N4O4. The molecule has 2 heterocycles. The maximum Gasteiger partial charge on any atom is 0.302 e. The number of hydrogen-bond acceptors (Lipinski definition) is 7. The molecule has 33 heavy (non-hydrogen) atoms. The third kappa shape index (κ3) is 3.83. The normalized spacial score (nSPS) is 21.7. The molecular weight excluding hydrogens is 420 g/mol. The standard InChI is InChI=1S/C25H28N4O4/c1-5-32-24-12-17-18-11-16(33-14(2)30)7-8-20(18)26-25(19(17)13-23(24)31-4)15-6-9-22-21(10-15)27-28-29(22)3/h6,9-10,12-13,16,18,20H,5,7-8,11H2,1-4H3/t16-,18-,20-/m1/s1. The maximum absolute atomic E-state index is 11.6. The average Bonchev–Trinajstić information content (AvgIpc) is 3.18. The molecule has 8 heteroatoms. The van der Waals surface area contributed by atoms with Crippen LogP contribution in [0.1, 0.15) is 55.7 Å². The summed E-state index contributed by atoms with van der Waals surface area (Å²) in [4.78, 5) is 16.8. The highest BCUT2D eigenvalue weighted by molar-refractivity contribution is 6.16. The Balaban J connectivity index is 1.64. The number of aliphatic imine (C=N–C) groups is 1. The van der Waals surface area contributed by atoms with E-state index >= 15 is 0 Å². The predicted octanol–water partition coefficient (Wildman–Crippen LogP) is 3.79. The molecule has 1 saturated carbocycles. The zero-order valence-corrected chi connectivity index (χ0v) is 19.4. The highest BCUT2D eigenvalue weighted by Crippen LogP contribution is 2.45. The zero-order valence-electron chi connectivity index (χ0n) is 19.4. The molecule has 1 aliphatic carbocycles. The molecule has 8 nitrogen and oxygen atoms in total. The summed E-state index contributed by atoms with van der Waals surface area (Å²) in [5, 5.41) is 8.42. The van der Waals surface area contributed by atoms with Gasteiger partial charge < -0.3 is 14.2 Å². The number of aromatic nitrogens is 3. The number of esters is 1. The van der Waals surface area contributed by atoms with Crippen LogP contribution in [-0.2, 0) is 16.6 Å². The number of benzene rings is 2. The average molecular weight is 449 g/mol. The second-order valence-electron chi connectivity index (χ2n) is 8.64. The van der Waals surface area contributed by atoms with E-state index in [0.717, 1.165) is 58.4 Å². The minimum Gasteiger partial charge on any atom is -0.493 e. The van der Waals surface area contributed by atoms with Crippen LogP contribution in [0.4, 0.5) is 0 Å². The van der Waals surface area contributed by atoms with Crippen molar-refractivity contribution in [3.63, 3.8) is 0 Å². The Morgan fingerprint density at radius 3 is 2.79 bits per heavy atom. The highest BCUT2D eigenvalue weighted by Gasteiger charge is 2.38. The lowest BCUT2D eigenvalue weighted by molar-refractivity contribution is -0.148. The van der Waals surface area contributed by atoms with Crippen LogP contribution in [0, 0.1) is 0 Å². The molecule has 0 amide bonds. The third-order valence-corrected chi connectivity index (χ3v) is 6.57. The van der Waals surface area contributed by atoms with E-state index in [9.17, 15) is 4.79 Å². The van der Waals surface area contributed by atoms with Crippen LogP contribution in [0.15, 0.2) is 35.3 Å². The van der Waals surface area contributed by atoms with Gasteiger partial charge in [0, 0.05) is 31.0 Å². The molecule has 1 fully saturated rings. The molecule has 0 spiro atoms. The van der Waals surface area contributed by atoms with Gasteiger partial charge in [0.2, 0.25) is 0 Å². The molecule has 1 aromatic heterocycles. The first-order chi connectivity index (χ1) is 16.0. The molecule has 1 aliphatic heterocycles. The van der Waals surface area contributed by atoms with Crippen molar-refractivity contribution in [1.29, 1.82) is 0 Å². The third-order valence-electron chi connectivity index (χ3n) is 6.57. The van der Waals surface area contributed by atoms with Crippen molar-refractivity contribution in [3.05, 3.63) is 47.0 Å². The molecule has 0 radical (unpaired) electrons. The number of nitrogens with zero attached hydrogens (tertiary/aromatic N) is 4. The fourth-order valence-corrected chi connectivity index (χ4v) is 5.12.